The second kappa shape index (κ2) is 5.14. The van der Waals surface area contributed by atoms with E-state index >= 15 is 0 Å². The quantitative estimate of drug-likeness (QED) is 0.827. The van der Waals surface area contributed by atoms with E-state index < -0.39 is 0 Å². The average Bonchev–Trinajstić information content (AvgIpc) is 2.38. The molecule has 1 aromatic rings. The SMILES string of the molecule is CCC1COCCN1C(=O)c1cc(N)ccn1. The minimum Gasteiger partial charge on any atom is -0.399 e. The van der Waals surface area contributed by atoms with E-state index in [0.717, 1.165) is 6.42 Å². The minimum absolute atomic E-state index is 0.0625. The predicted molar refractivity (Wildman–Crippen MR) is 64.6 cm³/mol. The first-order valence-corrected chi connectivity index (χ1v) is 5.82. The molecule has 1 unspecified atom stereocenters. The molecule has 0 bridgehead atoms. The number of nitrogens with two attached hydrogens (primary N) is 1. The Balaban J connectivity index is 2.18. The molecule has 17 heavy (non-hydrogen) atoms. The van der Waals surface area contributed by atoms with Crippen LogP contribution in [0.25, 0.3) is 0 Å². The number of pyridine rings is 1. The number of nitrogens with zero attached hydrogens (tertiary/aromatic N) is 2. The lowest BCUT2D eigenvalue weighted by Gasteiger charge is -2.34. The molecule has 92 valence electrons. The molecule has 1 aliphatic rings. The van der Waals surface area contributed by atoms with E-state index in [1.54, 1.807) is 18.3 Å². The number of anilines is 1. The third-order valence-corrected chi connectivity index (χ3v) is 2.96. The van der Waals surface area contributed by atoms with Crippen molar-refractivity contribution in [3.8, 4) is 0 Å². The van der Waals surface area contributed by atoms with Gasteiger partial charge in [0.25, 0.3) is 5.91 Å². The molecular formula is C12H17N3O2. The summed E-state index contributed by atoms with van der Waals surface area (Å²) in [7, 11) is 0. The first kappa shape index (κ1) is 11.9. The summed E-state index contributed by atoms with van der Waals surface area (Å²) in [6.45, 7) is 3.86. The van der Waals surface area contributed by atoms with Crippen LogP contribution in [0.2, 0.25) is 0 Å². The Labute approximate surface area is 101 Å². The monoisotopic (exact) mass is 235 g/mol. The maximum Gasteiger partial charge on any atom is 0.272 e. The molecule has 0 saturated carbocycles. The third kappa shape index (κ3) is 2.55. The summed E-state index contributed by atoms with van der Waals surface area (Å²) in [5.41, 5.74) is 6.63. The predicted octanol–water partition coefficient (Wildman–Crippen LogP) is 0.915. The molecule has 5 nitrogen and oxygen atoms in total. The number of ether oxygens (including phenoxy) is 1. The zero-order valence-corrected chi connectivity index (χ0v) is 9.93. The molecular weight excluding hydrogens is 218 g/mol. The first-order chi connectivity index (χ1) is 8.22. The van der Waals surface area contributed by atoms with Gasteiger partial charge in [-0.25, -0.2) is 0 Å². The van der Waals surface area contributed by atoms with Gasteiger partial charge in [0.2, 0.25) is 0 Å². The molecule has 1 aliphatic heterocycles. The number of nitrogen functional groups attached to an aromatic ring is 1. The van der Waals surface area contributed by atoms with E-state index in [-0.39, 0.29) is 11.9 Å². The Hall–Kier alpha value is -1.62. The summed E-state index contributed by atoms with van der Waals surface area (Å²) in [6, 6.07) is 3.43. The highest BCUT2D eigenvalue weighted by atomic mass is 16.5. The highest BCUT2D eigenvalue weighted by molar-refractivity contribution is 5.93. The number of hydrogen-bond acceptors (Lipinski definition) is 4. The zero-order valence-electron chi connectivity index (χ0n) is 9.93. The van der Waals surface area contributed by atoms with Gasteiger partial charge in [0, 0.05) is 18.4 Å². The van der Waals surface area contributed by atoms with Crippen molar-refractivity contribution in [3.05, 3.63) is 24.0 Å². The molecule has 5 heteroatoms. The Morgan fingerprint density at radius 1 is 1.71 bits per heavy atom. The number of aromatic nitrogens is 1. The van der Waals surface area contributed by atoms with Gasteiger partial charge in [0.15, 0.2) is 0 Å². The van der Waals surface area contributed by atoms with Gasteiger partial charge >= 0.3 is 0 Å². The van der Waals surface area contributed by atoms with E-state index in [4.69, 9.17) is 10.5 Å². The second-order valence-corrected chi connectivity index (χ2v) is 4.11. The van der Waals surface area contributed by atoms with Crippen LogP contribution in [0.15, 0.2) is 18.3 Å². The number of carbonyl (C=O) groups is 1. The molecule has 1 saturated heterocycles. The number of morpholine rings is 1. The maximum absolute atomic E-state index is 12.3. The highest BCUT2D eigenvalue weighted by Crippen LogP contribution is 2.14. The Morgan fingerprint density at radius 3 is 3.24 bits per heavy atom. The Kier molecular flexibility index (Phi) is 3.58. The van der Waals surface area contributed by atoms with E-state index in [0.29, 0.717) is 31.1 Å². The molecule has 0 spiro atoms. The van der Waals surface area contributed by atoms with Gasteiger partial charge in [-0.1, -0.05) is 6.92 Å². The van der Waals surface area contributed by atoms with Gasteiger partial charge in [-0.15, -0.1) is 0 Å². The van der Waals surface area contributed by atoms with Crippen molar-refractivity contribution in [3.63, 3.8) is 0 Å². The minimum atomic E-state index is -0.0625. The lowest BCUT2D eigenvalue weighted by molar-refractivity contribution is -0.00310. The molecule has 0 radical (unpaired) electrons. The fraction of sp³-hybridized carbons (Fsp3) is 0.500. The summed E-state index contributed by atoms with van der Waals surface area (Å²) in [4.78, 5) is 18.2. The van der Waals surface area contributed by atoms with Crippen molar-refractivity contribution in [2.45, 2.75) is 19.4 Å². The number of hydrogen-bond donors (Lipinski definition) is 1. The fourth-order valence-electron chi connectivity index (χ4n) is 1.97. The van der Waals surface area contributed by atoms with Crippen LogP contribution < -0.4 is 5.73 Å². The van der Waals surface area contributed by atoms with Crippen LogP contribution in [-0.4, -0.2) is 41.6 Å². The number of amides is 1. The molecule has 1 amide bonds. The largest absolute Gasteiger partial charge is 0.399 e. The van der Waals surface area contributed by atoms with Crippen molar-refractivity contribution < 1.29 is 9.53 Å². The summed E-state index contributed by atoms with van der Waals surface area (Å²) >= 11 is 0. The van der Waals surface area contributed by atoms with Gasteiger partial charge in [-0.3, -0.25) is 9.78 Å². The summed E-state index contributed by atoms with van der Waals surface area (Å²) < 4.78 is 5.37. The highest BCUT2D eigenvalue weighted by Gasteiger charge is 2.27. The van der Waals surface area contributed by atoms with Crippen molar-refractivity contribution in [2.75, 3.05) is 25.5 Å². The van der Waals surface area contributed by atoms with E-state index in [1.165, 1.54) is 0 Å². The van der Waals surface area contributed by atoms with E-state index in [1.807, 2.05) is 11.8 Å². The van der Waals surface area contributed by atoms with Gasteiger partial charge < -0.3 is 15.4 Å². The third-order valence-electron chi connectivity index (χ3n) is 2.96. The zero-order chi connectivity index (χ0) is 12.3. The van der Waals surface area contributed by atoms with Crippen molar-refractivity contribution in [1.82, 2.24) is 9.88 Å². The van der Waals surface area contributed by atoms with Crippen LogP contribution in [0.4, 0.5) is 5.69 Å². The standard InChI is InChI=1S/C12H17N3O2/c1-2-10-8-17-6-5-15(10)12(16)11-7-9(13)3-4-14-11/h3-4,7,10H,2,5-6,8H2,1H3,(H2,13,14). The number of carbonyl (C=O) groups excluding carboxylic acids is 1. The van der Waals surface area contributed by atoms with Crippen molar-refractivity contribution >= 4 is 11.6 Å². The van der Waals surface area contributed by atoms with Crippen molar-refractivity contribution in [2.24, 2.45) is 0 Å². The molecule has 2 N–H and O–H groups in total. The van der Waals surface area contributed by atoms with Crippen LogP contribution in [0.3, 0.4) is 0 Å². The summed E-state index contributed by atoms with van der Waals surface area (Å²) in [6.07, 6.45) is 2.44. The fourth-order valence-corrected chi connectivity index (χ4v) is 1.97. The Bertz CT molecular complexity index is 408. The maximum atomic E-state index is 12.3. The Morgan fingerprint density at radius 2 is 2.53 bits per heavy atom. The summed E-state index contributed by atoms with van der Waals surface area (Å²) in [5.74, 6) is -0.0625. The normalized spacial score (nSPS) is 20.3. The topological polar surface area (TPSA) is 68.5 Å². The van der Waals surface area contributed by atoms with Gasteiger partial charge in [0.1, 0.15) is 5.69 Å². The van der Waals surface area contributed by atoms with Crippen LogP contribution in [0, 0.1) is 0 Å². The molecule has 2 heterocycles. The molecule has 1 fully saturated rings. The smallest absolute Gasteiger partial charge is 0.272 e. The van der Waals surface area contributed by atoms with Gasteiger partial charge in [-0.2, -0.15) is 0 Å². The van der Waals surface area contributed by atoms with Crippen LogP contribution >= 0.6 is 0 Å². The molecule has 1 aromatic heterocycles. The molecule has 1 atom stereocenters. The molecule has 0 aliphatic carbocycles. The second-order valence-electron chi connectivity index (χ2n) is 4.11. The van der Waals surface area contributed by atoms with E-state index in [2.05, 4.69) is 4.98 Å². The van der Waals surface area contributed by atoms with E-state index in [9.17, 15) is 4.79 Å². The summed E-state index contributed by atoms with van der Waals surface area (Å²) in [5, 5.41) is 0. The van der Waals surface area contributed by atoms with Gasteiger partial charge in [0.05, 0.1) is 19.3 Å². The van der Waals surface area contributed by atoms with Gasteiger partial charge in [-0.05, 0) is 18.6 Å². The number of rotatable bonds is 2. The first-order valence-electron chi connectivity index (χ1n) is 5.82. The van der Waals surface area contributed by atoms with Crippen LogP contribution in [0.5, 0.6) is 0 Å². The van der Waals surface area contributed by atoms with Crippen LogP contribution in [0.1, 0.15) is 23.8 Å². The van der Waals surface area contributed by atoms with Crippen LogP contribution in [-0.2, 0) is 4.74 Å². The lowest BCUT2D eigenvalue weighted by atomic mass is 10.1. The molecule has 2 rings (SSSR count). The molecule has 0 aromatic carbocycles. The lowest BCUT2D eigenvalue weighted by Crippen LogP contribution is -2.48. The average molecular weight is 235 g/mol. The van der Waals surface area contributed by atoms with Crippen molar-refractivity contribution in [1.29, 1.82) is 0 Å².